The molecule has 5 aromatic rings. The number of amides is 1. The van der Waals surface area contributed by atoms with Crippen LogP contribution in [0, 0.1) is 0 Å². The molecule has 0 fully saturated rings. The molecule has 0 aliphatic heterocycles. The number of likely N-dealkylation sites (N-methyl/N-ethyl adjacent to an activating group) is 2. The topological polar surface area (TPSA) is 74.3 Å². The first-order chi connectivity index (χ1) is 18.5. The number of nitrogens with zero attached hydrogens (tertiary/aromatic N) is 4. The Bertz CT molecular complexity index is 1560. The van der Waals surface area contributed by atoms with Gasteiger partial charge < -0.3 is 19.5 Å². The number of aromatic nitrogens is 3. The van der Waals surface area contributed by atoms with Gasteiger partial charge in [0.15, 0.2) is 0 Å². The van der Waals surface area contributed by atoms with E-state index in [0.29, 0.717) is 12.1 Å². The highest BCUT2D eigenvalue weighted by Crippen LogP contribution is 2.41. The van der Waals surface area contributed by atoms with Gasteiger partial charge in [0.25, 0.3) is 5.91 Å². The fraction of sp³-hybridized carbons (Fsp3) is 0.258. The number of nitrogens with one attached hydrogen (secondary N) is 1. The zero-order valence-electron chi connectivity index (χ0n) is 22.4. The highest BCUT2D eigenvalue weighted by molar-refractivity contribution is 6.16. The average Bonchev–Trinajstić information content (AvgIpc) is 3.35. The molecule has 0 aliphatic carbocycles. The third kappa shape index (κ3) is 4.85. The lowest BCUT2D eigenvalue weighted by Crippen LogP contribution is -2.36. The number of aromatic amines is 1. The quantitative estimate of drug-likeness (QED) is 0.270. The van der Waals surface area contributed by atoms with Crippen molar-refractivity contribution in [3.8, 4) is 28.1 Å². The summed E-state index contributed by atoms with van der Waals surface area (Å²) in [5.74, 6) is 0.793. The molecule has 0 radical (unpaired) electrons. The van der Waals surface area contributed by atoms with Crippen molar-refractivity contribution < 1.29 is 9.53 Å². The van der Waals surface area contributed by atoms with Crippen LogP contribution in [0.3, 0.4) is 0 Å². The Balaban J connectivity index is 1.53. The van der Waals surface area contributed by atoms with Gasteiger partial charge >= 0.3 is 0 Å². The SMILES string of the molecule is CCN(CC)CCN(C)C(=O)c1ccc(-c2c(OC)ccc3[nH]c4cnc(-c5cccnc5)cc4c23)cc1. The molecule has 0 spiro atoms. The first-order valence-corrected chi connectivity index (χ1v) is 13.0. The summed E-state index contributed by atoms with van der Waals surface area (Å²) in [6.45, 7) is 7.80. The molecule has 0 saturated heterocycles. The summed E-state index contributed by atoms with van der Waals surface area (Å²) < 4.78 is 5.81. The summed E-state index contributed by atoms with van der Waals surface area (Å²) in [6.07, 6.45) is 5.44. The lowest BCUT2D eigenvalue weighted by molar-refractivity contribution is 0.0780. The van der Waals surface area contributed by atoms with Crippen LogP contribution in [0.15, 0.2) is 73.2 Å². The second-order valence-electron chi connectivity index (χ2n) is 9.38. The molecule has 7 nitrogen and oxygen atoms in total. The number of benzene rings is 2. The Kier molecular flexibility index (Phi) is 7.38. The molecule has 1 amide bonds. The number of methoxy groups -OCH3 is 1. The first-order valence-electron chi connectivity index (χ1n) is 13.0. The molecule has 5 rings (SSSR count). The predicted molar refractivity (Wildman–Crippen MR) is 154 cm³/mol. The molecule has 1 N–H and O–H groups in total. The molecule has 0 atom stereocenters. The number of H-pyrrole nitrogens is 1. The predicted octanol–water partition coefficient (Wildman–Crippen LogP) is 5.87. The van der Waals surface area contributed by atoms with Crippen LogP contribution < -0.4 is 4.74 Å². The molecule has 0 aliphatic rings. The summed E-state index contributed by atoms with van der Waals surface area (Å²) in [4.78, 5) is 29.6. The van der Waals surface area contributed by atoms with Crippen molar-refractivity contribution in [2.24, 2.45) is 0 Å². The molecular weight excluding hydrogens is 474 g/mol. The lowest BCUT2D eigenvalue weighted by atomic mass is 9.97. The minimum absolute atomic E-state index is 0.0214. The number of carbonyl (C=O) groups is 1. The number of pyridine rings is 2. The molecule has 194 valence electrons. The standard InChI is InChI=1S/C31H33N5O2/c1-5-36(6-2)17-16-35(3)31(37)22-11-9-21(10-12-22)29-28(38-4)14-13-25-30(29)24-18-26(33-20-27(24)34-25)23-8-7-15-32-19-23/h7-15,18-20,34H,5-6,16-17H2,1-4H3. The van der Waals surface area contributed by atoms with E-state index < -0.39 is 0 Å². The van der Waals surface area contributed by atoms with Crippen LogP contribution in [-0.2, 0) is 0 Å². The Labute approximate surface area is 223 Å². The van der Waals surface area contributed by atoms with Gasteiger partial charge in [-0.3, -0.25) is 14.8 Å². The van der Waals surface area contributed by atoms with Crippen molar-refractivity contribution in [2.75, 3.05) is 40.3 Å². The lowest BCUT2D eigenvalue weighted by Gasteiger charge is -2.23. The largest absolute Gasteiger partial charge is 0.496 e. The van der Waals surface area contributed by atoms with Gasteiger partial charge in [0, 0.05) is 65.5 Å². The molecule has 0 saturated carbocycles. The fourth-order valence-electron chi connectivity index (χ4n) is 4.94. The number of rotatable bonds is 9. The van der Waals surface area contributed by atoms with E-state index in [1.807, 2.05) is 68.0 Å². The van der Waals surface area contributed by atoms with E-state index in [0.717, 1.165) is 69.6 Å². The van der Waals surface area contributed by atoms with E-state index in [1.165, 1.54) is 0 Å². The van der Waals surface area contributed by atoms with Crippen LogP contribution in [0.5, 0.6) is 5.75 Å². The first kappa shape index (κ1) is 25.4. The minimum Gasteiger partial charge on any atom is -0.496 e. The number of ether oxygens (including phenoxy) is 1. The summed E-state index contributed by atoms with van der Waals surface area (Å²) >= 11 is 0. The van der Waals surface area contributed by atoms with Crippen molar-refractivity contribution in [3.05, 3.63) is 78.8 Å². The second kappa shape index (κ2) is 11.0. The normalized spacial score (nSPS) is 11.4. The maximum Gasteiger partial charge on any atom is 0.253 e. The van der Waals surface area contributed by atoms with E-state index in [4.69, 9.17) is 4.74 Å². The van der Waals surface area contributed by atoms with Gasteiger partial charge in [-0.05, 0) is 61.1 Å². The minimum atomic E-state index is 0.0214. The Morgan fingerprint density at radius 2 is 1.74 bits per heavy atom. The monoisotopic (exact) mass is 507 g/mol. The third-order valence-electron chi connectivity index (χ3n) is 7.20. The molecular formula is C31H33N5O2. The Morgan fingerprint density at radius 3 is 2.42 bits per heavy atom. The van der Waals surface area contributed by atoms with Gasteiger partial charge in [0.05, 0.1) is 24.5 Å². The van der Waals surface area contributed by atoms with Gasteiger partial charge in [-0.2, -0.15) is 0 Å². The van der Waals surface area contributed by atoms with Crippen LogP contribution in [0.2, 0.25) is 0 Å². The van der Waals surface area contributed by atoms with Gasteiger partial charge in [-0.1, -0.05) is 26.0 Å². The average molecular weight is 508 g/mol. The third-order valence-corrected chi connectivity index (χ3v) is 7.20. The van der Waals surface area contributed by atoms with Gasteiger partial charge in [-0.15, -0.1) is 0 Å². The second-order valence-corrected chi connectivity index (χ2v) is 9.38. The maximum atomic E-state index is 13.1. The van der Waals surface area contributed by atoms with Gasteiger partial charge in [0.1, 0.15) is 5.75 Å². The van der Waals surface area contributed by atoms with Gasteiger partial charge in [-0.25, -0.2) is 0 Å². The highest BCUT2D eigenvalue weighted by atomic mass is 16.5. The van der Waals surface area contributed by atoms with Crippen LogP contribution in [0.25, 0.3) is 44.2 Å². The van der Waals surface area contributed by atoms with Crippen molar-refractivity contribution in [2.45, 2.75) is 13.8 Å². The molecule has 3 aromatic heterocycles. The summed E-state index contributed by atoms with van der Waals surface area (Å²) in [5, 5.41) is 2.11. The van der Waals surface area contributed by atoms with Crippen LogP contribution in [-0.4, -0.2) is 71.0 Å². The van der Waals surface area contributed by atoms with Crippen LogP contribution >= 0.6 is 0 Å². The van der Waals surface area contributed by atoms with Crippen LogP contribution in [0.1, 0.15) is 24.2 Å². The Morgan fingerprint density at radius 1 is 0.947 bits per heavy atom. The molecule has 0 bridgehead atoms. The zero-order chi connectivity index (χ0) is 26.6. The molecule has 3 heterocycles. The Hall–Kier alpha value is -4.23. The maximum absolute atomic E-state index is 13.1. The van der Waals surface area contributed by atoms with E-state index >= 15 is 0 Å². The van der Waals surface area contributed by atoms with Crippen molar-refractivity contribution in [1.29, 1.82) is 0 Å². The number of fused-ring (bicyclic) bond motifs is 3. The fourth-order valence-corrected chi connectivity index (χ4v) is 4.94. The number of hydrogen-bond donors (Lipinski definition) is 1. The summed E-state index contributed by atoms with van der Waals surface area (Å²) in [7, 11) is 3.55. The van der Waals surface area contributed by atoms with E-state index in [-0.39, 0.29) is 5.91 Å². The van der Waals surface area contributed by atoms with E-state index in [1.54, 1.807) is 18.2 Å². The molecule has 2 aromatic carbocycles. The van der Waals surface area contributed by atoms with Crippen molar-refractivity contribution >= 4 is 27.7 Å². The molecule has 38 heavy (non-hydrogen) atoms. The summed E-state index contributed by atoms with van der Waals surface area (Å²) in [6, 6.07) is 17.8. The molecule has 0 unspecified atom stereocenters. The van der Waals surface area contributed by atoms with E-state index in [9.17, 15) is 4.79 Å². The van der Waals surface area contributed by atoms with Gasteiger partial charge in [0.2, 0.25) is 0 Å². The summed E-state index contributed by atoms with van der Waals surface area (Å²) in [5.41, 5.74) is 6.39. The molecule has 7 heteroatoms. The smallest absolute Gasteiger partial charge is 0.253 e. The van der Waals surface area contributed by atoms with Crippen molar-refractivity contribution in [1.82, 2.24) is 24.8 Å². The zero-order valence-corrected chi connectivity index (χ0v) is 22.4. The number of hydrogen-bond acceptors (Lipinski definition) is 5. The number of carbonyl (C=O) groups excluding carboxylic acids is 1. The van der Waals surface area contributed by atoms with Crippen LogP contribution in [0.4, 0.5) is 0 Å². The van der Waals surface area contributed by atoms with E-state index in [2.05, 4.69) is 39.8 Å². The highest BCUT2D eigenvalue weighted by Gasteiger charge is 2.18. The van der Waals surface area contributed by atoms with Crippen molar-refractivity contribution in [3.63, 3.8) is 0 Å².